The number of fused-ring (bicyclic) bond motifs is 1. The van der Waals surface area contributed by atoms with Crippen LogP contribution in [0.25, 0.3) is 5.57 Å². The monoisotopic (exact) mass is 362 g/mol. The average molecular weight is 362 g/mol. The third kappa shape index (κ3) is 3.64. The van der Waals surface area contributed by atoms with Crippen LogP contribution in [-0.4, -0.2) is 47.6 Å². The highest BCUT2D eigenvalue weighted by Crippen LogP contribution is 2.41. The van der Waals surface area contributed by atoms with Crippen molar-refractivity contribution in [3.05, 3.63) is 29.2 Å². The van der Waals surface area contributed by atoms with Gasteiger partial charge in [-0.05, 0) is 30.7 Å². The van der Waals surface area contributed by atoms with Crippen molar-refractivity contribution in [3.8, 4) is 0 Å². The zero-order valence-corrected chi connectivity index (χ0v) is 13.9. The summed E-state index contributed by atoms with van der Waals surface area (Å²) in [7, 11) is 0.185. The number of likely N-dealkylation sites (tertiary alicyclic amines) is 1. The van der Waals surface area contributed by atoms with Gasteiger partial charge in [-0.1, -0.05) is 12.1 Å². The quantitative estimate of drug-likeness (QED) is 0.835. The van der Waals surface area contributed by atoms with E-state index in [4.69, 9.17) is 0 Å². The van der Waals surface area contributed by atoms with Gasteiger partial charge in [0.2, 0.25) is 0 Å². The Morgan fingerprint density at radius 3 is 2.79 bits per heavy atom. The van der Waals surface area contributed by atoms with Gasteiger partial charge in [0, 0.05) is 18.5 Å². The number of nitrogens with zero attached hydrogens (tertiary/aromatic N) is 1. The number of halogens is 4. The second kappa shape index (κ2) is 6.48. The van der Waals surface area contributed by atoms with Crippen molar-refractivity contribution >= 4 is 22.1 Å². The maximum Gasteiger partial charge on any atom is 0.393 e. The highest BCUT2D eigenvalue weighted by atomic mass is 32.2. The molecule has 1 saturated heterocycles. The van der Waals surface area contributed by atoms with Gasteiger partial charge in [0.05, 0.1) is 33.8 Å². The first-order valence-electron chi connectivity index (χ1n) is 7.65. The molecule has 3 nitrogen and oxygen atoms in total. The highest BCUT2D eigenvalue weighted by Gasteiger charge is 2.35. The summed E-state index contributed by atoms with van der Waals surface area (Å²) in [5.74, 6) is 0. The van der Waals surface area contributed by atoms with E-state index in [1.807, 2.05) is 11.9 Å². The molecule has 3 rings (SSSR count). The van der Waals surface area contributed by atoms with E-state index in [0.29, 0.717) is 29.1 Å². The molecule has 3 atom stereocenters. The molecule has 0 saturated carbocycles. The van der Waals surface area contributed by atoms with Crippen LogP contribution in [0.2, 0.25) is 0 Å². The van der Waals surface area contributed by atoms with Gasteiger partial charge < -0.3 is 10.2 Å². The maximum atomic E-state index is 14.2. The number of benzene rings is 1. The van der Waals surface area contributed by atoms with Crippen LogP contribution < -0.4 is 5.32 Å². The minimum atomic E-state index is -4.36. The molecule has 0 aliphatic carbocycles. The number of hydrogen-bond acceptors (Lipinski definition) is 3. The first-order chi connectivity index (χ1) is 11.2. The van der Waals surface area contributed by atoms with Gasteiger partial charge in [0.1, 0.15) is 6.17 Å². The van der Waals surface area contributed by atoms with Crippen LogP contribution >= 0.6 is 0 Å². The van der Waals surface area contributed by atoms with Gasteiger partial charge in [-0.25, -0.2) is 8.60 Å². The molecule has 0 amide bonds. The fourth-order valence-electron chi connectivity index (χ4n) is 3.14. The van der Waals surface area contributed by atoms with Crippen molar-refractivity contribution in [3.63, 3.8) is 0 Å². The van der Waals surface area contributed by atoms with Crippen molar-refractivity contribution in [2.75, 3.05) is 25.5 Å². The minimum absolute atomic E-state index is 0.0136. The van der Waals surface area contributed by atoms with E-state index in [1.165, 1.54) is 6.07 Å². The molecule has 1 aromatic carbocycles. The maximum absolute atomic E-state index is 14.2. The summed E-state index contributed by atoms with van der Waals surface area (Å²) < 4.78 is 64.5. The van der Waals surface area contributed by atoms with Crippen molar-refractivity contribution in [1.29, 1.82) is 0 Å². The second-order valence-corrected chi connectivity index (χ2v) is 7.47. The van der Waals surface area contributed by atoms with Gasteiger partial charge in [-0.2, -0.15) is 13.2 Å². The molecular formula is C16H18F4N2OS. The number of anilines is 1. The van der Waals surface area contributed by atoms with Crippen LogP contribution in [0.1, 0.15) is 18.4 Å². The van der Waals surface area contributed by atoms with Crippen LogP contribution in [0.4, 0.5) is 23.2 Å². The third-order valence-electron chi connectivity index (χ3n) is 4.29. The highest BCUT2D eigenvalue weighted by molar-refractivity contribution is 7.88. The Morgan fingerprint density at radius 2 is 2.12 bits per heavy atom. The summed E-state index contributed by atoms with van der Waals surface area (Å²) in [6, 6.07) is 4.35. The Kier molecular flexibility index (Phi) is 4.70. The molecule has 0 radical (unpaired) electrons. The van der Waals surface area contributed by atoms with Crippen LogP contribution in [0, 0.1) is 0 Å². The molecule has 0 bridgehead atoms. The summed E-state index contributed by atoms with van der Waals surface area (Å²) in [5.41, 5.74) is 0.801. The molecule has 24 heavy (non-hydrogen) atoms. The molecule has 1 N–H and O–H groups in total. The molecule has 2 aliphatic heterocycles. The zero-order chi connectivity index (χ0) is 17.5. The van der Waals surface area contributed by atoms with E-state index >= 15 is 0 Å². The Bertz CT molecular complexity index is 689. The van der Waals surface area contributed by atoms with Crippen molar-refractivity contribution in [1.82, 2.24) is 4.90 Å². The number of nitrogens with one attached hydrogen (secondary N) is 1. The molecule has 0 spiro atoms. The van der Waals surface area contributed by atoms with Gasteiger partial charge in [0.15, 0.2) is 0 Å². The Labute approximate surface area is 140 Å². The first-order valence-corrected chi connectivity index (χ1v) is 8.86. The van der Waals surface area contributed by atoms with Gasteiger partial charge >= 0.3 is 6.18 Å². The summed E-state index contributed by atoms with van der Waals surface area (Å²) in [4.78, 5) is 2.21. The Hall–Kier alpha value is -1.41. The first kappa shape index (κ1) is 17.4. The van der Waals surface area contributed by atoms with E-state index in [9.17, 15) is 21.8 Å². The van der Waals surface area contributed by atoms with Crippen LogP contribution in [0.3, 0.4) is 0 Å². The number of piperidine rings is 1. The summed E-state index contributed by atoms with van der Waals surface area (Å²) >= 11 is 0. The number of hydrogen-bond donors (Lipinski definition) is 1. The predicted molar refractivity (Wildman–Crippen MR) is 85.9 cm³/mol. The average Bonchev–Trinajstić information content (AvgIpc) is 2.77. The SMILES string of the molecule is CN1CC[C@@H](Nc2cccc3c2S(=O)C=C3CC(F)(F)F)[C@@H](F)C1. The summed E-state index contributed by atoms with van der Waals surface area (Å²) in [6.45, 7) is 1.03. The molecule has 2 heterocycles. The van der Waals surface area contributed by atoms with Crippen molar-refractivity contribution in [2.45, 2.75) is 36.1 Å². The Morgan fingerprint density at radius 1 is 1.38 bits per heavy atom. The topological polar surface area (TPSA) is 32.3 Å². The van der Waals surface area contributed by atoms with Crippen LogP contribution in [-0.2, 0) is 10.8 Å². The number of alkyl halides is 4. The lowest BCUT2D eigenvalue weighted by atomic mass is 10.0. The minimum Gasteiger partial charge on any atom is -0.378 e. The van der Waals surface area contributed by atoms with Gasteiger partial charge in [-0.15, -0.1) is 0 Å². The van der Waals surface area contributed by atoms with Crippen molar-refractivity contribution < 1.29 is 21.8 Å². The fourth-order valence-corrected chi connectivity index (χ4v) is 4.49. The summed E-state index contributed by atoms with van der Waals surface area (Å²) in [6.07, 6.45) is -5.98. The molecule has 132 valence electrons. The van der Waals surface area contributed by atoms with E-state index in [1.54, 1.807) is 12.1 Å². The zero-order valence-electron chi connectivity index (χ0n) is 13.1. The third-order valence-corrected chi connectivity index (χ3v) is 5.63. The molecule has 1 fully saturated rings. The molecule has 0 aromatic heterocycles. The summed E-state index contributed by atoms with van der Waals surface area (Å²) in [5, 5.41) is 4.20. The largest absolute Gasteiger partial charge is 0.393 e. The van der Waals surface area contributed by atoms with E-state index in [0.717, 1.165) is 12.0 Å². The van der Waals surface area contributed by atoms with E-state index < -0.39 is 35.6 Å². The van der Waals surface area contributed by atoms with Crippen LogP contribution in [0.15, 0.2) is 28.5 Å². The molecule has 2 aliphatic rings. The predicted octanol–water partition coefficient (Wildman–Crippen LogP) is 3.56. The fraction of sp³-hybridized carbons (Fsp3) is 0.500. The van der Waals surface area contributed by atoms with Gasteiger partial charge in [-0.3, -0.25) is 0 Å². The molecule has 1 unspecified atom stereocenters. The molecule has 8 heteroatoms. The normalized spacial score (nSPS) is 27.7. The van der Waals surface area contributed by atoms with Gasteiger partial charge in [0.25, 0.3) is 0 Å². The van der Waals surface area contributed by atoms with E-state index in [2.05, 4.69) is 5.32 Å². The lowest BCUT2D eigenvalue weighted by Crippen LogP contribution is -2.46. The Balaban J connectivity index is 1.84. The standard InChI is InChI=1S/C16H18F4N2OS/c1-22-6-5-13(12(17)8-22)21-14-4-2-3-11-10(7-16(18,19)20)9-24(23)15(11)14/h2-4,9,12-13,21H,5-8H2,1H3/t12-,13+,24?/m0/s1. The number of allylic oxidation sites excluding steroid dienone is 1. The molecule has 1 aromatic rings. The van der Waals surface area contributed by atoms with Crippen LogP contribution in [0.5, 0.6) is 0 Å². The van der Waals surface area contributed by atoms with E-state index in [-0.39, 0.29) is 5.57 Å². The number of rotatable bonds is 3. The lowest BCUT2D eigenvalue weighted by Gasteiger charge is -2.33. The molecular weight excluding hydrogens is 344 g/mol. The second-order valence-electron chi connectivity index (χ2n) is 6.23. The lowest BCUT2D eigenvalue weighted by molar-refractivity contribution is -0.122. The smallest absolute Gasteiger partial charge is 0.378 e. The van der Waals surface area contributed by atoms with Crippen molar-refractivity contribution in [2.24, 2.45) is 0 Å².